The van der Waals surface area contributed by atoms with Gasteiger partial charge in [0.25, 0.3) is 0 Å². The van der Waals surface area contributed by atoms with Gasteiger partial charge < -0.3 is 5.73 Å². The molecule has 14 heavy (non-hydrogen) atoms. The molecule has 2 heteroatoms. The number of nitrogens with zero attached hydrogens (tertiary/aromatic N) is 1. The van der Waals surface area contributed by atoms with Crippen molar-refractivity contribution in [1.29, 1.82) is 5.26 Å². The van der Waals surface area contributed by atoms with Crippen LogP contribution in [0.4, 0.5) is 0 Å². The summed E-state index contributed by atoms with van der Waals surface area (Å²) >= 11 is 0. The minimum absolute atomic E-state index is 0.343. The van der Waals surface area contributed by atoms with E-state index < -0.39 is 5.54 Å². The second-order valence-corrected chi connectivity index (χ2v) is 4.13. The van der Waals surface area contributed by atoms with E-state index >= 15 is 0 Å². The van der Waals surface area contributed by atoms with Gasteiger partial charge in [0, 0.05) is 0 Å². The maximum absolute atomic E-state index is 8.67. The minimum atomic E-state index is -0.536. The Bertz CT molecular complexity index is 352. The quantitative estimate of drug-likeness (QED) is 0.774. The zero-order valence-electron chi connectivity index (χ0n) is 8.96. The largest absolute Gasteiger partial charge is 0.321 e. The highest BCUT2D eigenvalue weighted by molar-refractivity contribution is 5.33. The van der Waals surface area contributed by atoms with E-state index in [2.05, 4.69) is 12.1 Å². The average molecular weight is 188 g/mol. The van der Waals surface area contributed by atoms with Crippen molar-refractivity contribution in [2.24, 2.45) is 5.73 Å². The Balaban J connectivity index is 3.13. The Hall–Kier alpha value is -1.33. The van der Waals surface area contributed by atoms with E-state index in [1.54, 1.807) is 0 Å². The van der Waals surface area contributed by atoms with E-state index in [0.717, 1.165) is 5.56 Å². The van der Waals surface area contributed by atoms with Crippen LogP contribution in [0.25, 0.3) is 0 Å². The molecule has 0 aliphatic rings. The molecule has 74 valence electrons. The van der Waals surface area contributed by atoms with Crippen molar-refractivity contribution in [3.8, 4) is 6.07 Å². The second kappa shape index (κ2) is 3.81. The zero-order valence-corrected chi connectivity index (χ0v) is 8.96. The molecule has 2 N–H and O–H groups in total. The van der Waals surface area contributed by atoms with Gasteiger partial charge in [0.15, 0.2) is 0 Å². The molecule has 0 saturated carbocycles. The molecule has 1 aromatic carbocycles. The first-order valence-corrected chi connectivity index (χ1v) is 4.70. The van der Waals surface area contributed by atoms with Crippen LogP contribution in [-0.2, 0) is 5.54 Å². The lowest BCUT2D eigenvalue weighted by Crippen LogP contribution is -2.32. The Morgan fingerprint density at radius 2 is 1.79 bits per heavy atom. The fraction of sp³-hybridized carbons (Fsp3) is 0.417. The Labute approximate surface area is 85.4 Å². The third kappa shape index (κ3) is 2.34. The number of benzene rings is 1. The molecule has 0 aromatic heterocycles. The van der Waals surface area contributed by atoms with Gasteiger partial charge in [-0.3, -0.25) is 0 Å². The molecule has 0 unspecified atom stereocenters. The third-order valence-corrected chi connectivity index (χ3v) is 2.33. The standard InChI is InChI=1S/C12H16N2/c1-9-6-10(2)8-11(7-9)12(3,14)4-5-13/h6-8H,4,14H2,1-3H3/t12-/m1/s1. The van der Waals surface area contributed by atoms with Gasteiger partial charge in [0.05, 0.1) is 18.0 Å². The SMILES string of the molecule is Cc1cc(C)cc([C@](C)(N)CC#N)c1. The number of nitrogens with two attached hydrogens (primary N) is 1. The molecule has 1 atom stereocenters. The monoisotopic (exact) mass is 188 g/mol. The van der Waals surface area contributed by atoms with E-state index in [1.807, 2.05) is 32.9 Å². The summed E-state index contributed by atoms with van der Waals surface area (Å²) in [5.74, 6) is 0. The fourth-order valence-electron chi connectivity index (χ4n) is 1.57. The van der Waals surface area contributed by atoms with Gasteiger partial charge in [0.2, 0.25) is 0 Å². The number of nitriles is 1. The van der Waals surface area contributed by atoms with Gasteiger partial charge in [0.1, 0.15) is 0 Å². The van der Waals surface area contributed by atoms with Gasteiger partial charge in [-0.05, 0) is 26.3 Å². The average Bonchev–Trinajstić information content (AvgIpc) is 2.02. The minimum Gasteiger partial charge on any atom is -0.321 e. The van der Waals surface area contributed by atoms with Crippen LogP contribution in [0.5, 0.6) is 0 Å². The Morgan fingerprint density at radius 3 is 2.21 bits per heavy atom. The van der Waals surface area contributed by atoms with Crippen LogP contribution in [0.15, 0.2) is 18.2 Å². The Morgan fingerprint density at radius 1 is 1.29 bits per heavy atom. The molecular formula is C12H16N2. The summed E-state index contributed by atoms with van der Waals surface area (Å²) in [7, 11) is 0. The molecule has 0 spiro atoms. The molecule has 2 nitrogen and oxygen atoms in total. The fourth-order valence-corrected chi connectivity index (χ4v) is 1.57. The Kier molecular flexibility index (Phi) is 2.93. The van der Waals surface area contributed by atoms with E-state index in [1.165, 1.54) is 11.1 Å². The lowest BCUT2D eigenvalue weighted by Gasteiger charge is -2.22. The highest BCUT2D eigenvalue weighted by atomic mass is 14.7. The van der Waals surface area contributed by atoms with Crippen LogP contribution in [0.3, 0.4) is 0 Å². The lowest BCUT2D eigenvalue weighted by molar-refractivity contribution is 0.507. The van der Waals surface area contributed by atoms with E-state index in [-0.39, 0.29) is 0 Å². The molecule has 1 aromatic rings. The molecule has 0 amide bonds. The zero-order chi connectivity index (χ0) is 10.8. The maximum Gasteiger partial charge on any atom is 0.0644 e. The molecule has 0 heterocycles. The van der Waals surface area contributed by atoms with E-state index in [9.17, 15) is 0 Å². The van der Waals surface area contributed by atoms with Crippen LogP contribution in [-0.4, -0.2) is 0 Å². The van der Waals surface area contributed by atoms with Gasteiger partial charge in [-0.1, -0.05) is 29.3 Å². The predicted molar refractivity (Wildman–Crippen MR) is 57.7 cm³/mol. The van der Waals surface area contributed by atoms with Crippen LogP contribution < -0.4 is 5.73 Å². The topological polar surface area (TPSA) is 49.8 Å². The summed E-state index contributed by atoms with van der Waals surface area (Å²) in [4.78, 5) is 0. The first-order valence-electron chi connectivity index (χ1n) is 4.70. The molecule has 0 fully saturated rings. The molecule has 0 aliphatic carbocycles. The molecule has 0 aliphatic heterocycles. The summed E-state index contributed by atoms with van der Waals surface area (Å²) in [6.07, 6.45) is 0.343. The number of rotatable bonds is 2. The molecular weight excluding hydrogens is 172 g/mol. The van der Waals surface area contributed by atoms with Crippen molar-refractivity contribution in [2.45, 2.75) is 32.7 Å². The first kappa shape index (κ1) is 10.7. The lowest BCUT2D eigenvalue weighted by atomic mass is 9.88. The summed E-state index contributed by atoms with van der Waals surface area (Å²) in [6, 6.07) is 8.32. The summed E-state index contributed by atoms with van der Waals surface area (Å²) in [5, 5.41) is 8.67. The van der Waals surface area contributed by atoms with Crippen LogP contribution >= 0.6 is 0 Å². The van der Waals surface area contributed by atoms with E-state index in [0.29, 0.717) is 6.42 Å². The third-order valence-electron chi connectivity index (χ3n) is 2.33. The van der Waals surface area contributed by atoms with Crippen molar-refractivity contribution in [2.75, 3.05) is 0 Å². The maximum atomic E-state index is 8.67. The number of aryl methyl sites for hydroxylation is 2. The van der Waals surface area contributed by atoms with Crippen molar-refractivity contribution in [3.63, 3.8) is 0 Å². The van der Waals surface area contributed by atoms with Crippen molar-refractivity contribution >= 4 is 0 Å². The number of hydrogen-bond acceptors (Lipinski definition) is 2. The van der Waals surface area contributed by atoms with Crippen molar-refractivity contribution in [1.82, 2.24) is 0 Å². The first-order chi connectivity index (χ1) is 6.45. The van der Waals surface area contributed by atoms with E-state index in [4.69, 9.17) is 11.0 Å². The number of hydrogen-bond donors (Lipinski definition) is 1. The van der Waals surface area contributed by atoms with Gasteiger partial charge in [-0.25, -0.2) is 0 Å². The normalized spacial score (nSPS) is 14.5. The van der Waals surface area contributed by atoms with Crippen LogP contribution in [0.2, 0.25) is 0 Å². The van der Waals surface area contributed by atoms with Crippen molar-refractivity contribution in [3.05, 3.63) is 34.9 Å². The highest BCUT2D eigenvalue weighted by Crippen LogP contribution is 2.23. The van der Waals surface area contributed by atoms with Gasteiger partial charge >= 0.3 is 0 Å². The molecule has 0 saturated heterocycles. The second-order valence-electron chi connectivity index (χ2n) is 4.13. The summed E-state index contributed by atoms with van der Waals surface area (Å²) in [6.45, 7) is 5.97. The molecule has 0 bridgehead atoms. The van der Waals surface area contributed by atoms with Gasteiger partial charge in [-0.15, -0.1) is 0 Å². The van der Waals surface area contributed by atoms with Gasteiger partial charge in [-0.2, -0.15) is 5.26 Å². The predicted octanol–water partition coefficient (Wildman–Crippen LogP) is 2.39. The summed E-state index contributed by atoms with van der Waals surface area (Å²) in [5.41, 5.74) is 8.95. The highest BCUT2D eigenvalue weighted by Gasteiger charge is 2.20. The van der Waals surface area contributed by atoms with Crippen LogP contribution in [0, 0.1) is 25.2 Å². The van der Waals surface area contributed by atoms with Crippen molar-refractivity contribution < 1.29 is 0 Å². The molecule has 0 radical (unpaired) electrons. The molecule has 1 rings (SSSR count). The smallest absolute Gasteiger partial charge is 0.0644 e. The summed E-state index contributed by atoms with van der Waals surface area (Å²) < 4.78 is 0. The van der Waals surface area contributed by atoms with Crippen LogP contribution in [0.1, 0.15) is 30.0 Å².